The van der Waals surface area contributed by atoms with Crippen molar-refractivity contribution in [1.29, 1.82) is 0 Å². The van der Waals surface area contributed by atoms with E-state index in [-0.39, 0.29) is 17.4 Å². The number of pyridine rings is 1. The number of halogens is 1. The standard InChI is InChI=1S/C14H11IN2O3/c1-8-4-2-5-9(12(8)15)13(18)17-11-7-3-6-10(16-11)14(19)20/h2-7H,1H3,(H,19,20)(H,16,17,18). The van der Waals surface area contributed by atoms with Crippen molar-refractivity contribution >= 4 is 40.3 Å². The molecule has 1 aromatic heterocycles. The van der Waals surface area contributed by atoms with E-state index >= 15 is 0 Å². The van der Waals surface area contributed by atoms with E-state index in [0.717, 1.165) is 9.13 Å². The average Bonchev–Trinajstić information content (AvgIpc) is 2.42. The lowest BCUT2D eigenvalue weighted by molar-refractivity contribution is 0.0690. The maximum Gasteiger partial charge on any atom is 0.354 e. The molecule has 5 nitrogen and oxygen atoms in total. The first-order chi connectivity index (χ1) is 9.49. The first kappa shape index (κ1) is 14.4. The zero-order chi connectivity index (χ0) is 14.7. The van der Waals surface area contributed by atoms with Gasteiger partial charge in [-0.05, 0) is 53.3 Å². The van der Waals surface area contributed by atoms with Gasteiger partial charge in [-0.25, -0.2) is 9.78 Å². The monoisotopic (exact) mass is 382 g/mol. The minimum absolute atomic E-state index is 0.110. The molecule has 0 unspecified atom stereocenters. The van der Waals surface area contributed by atoms with Gasteiger partial charge in [0.05, 0.1) is 5.56 Å². The van der Waals surface area contributed by atoms with Crippen molar-refractivity contribution in [2.75, 3.05) is 5.32 Å². The Labute approximate surface area is 129 Å². The second kappa shape index (κ2) is 6.00. The Bertz CT molecular complexity index is 686. The van der Waals surface area contributed by atoms with E-state index in [1.165, 1.54) is 12.1 Å². The number of carboxylic acids is 1. The van der Waals surface area contributed by atoms with Crippen LogP contribution in [0.15, 0.2) is 36.4 Å². The molecule has 0 saturated heterocycles. The van der Waals surface area contributed by atoms with Crippen LogP contribution in [0.4, 0.5) is 5.82 Å². The molecule has 0 saturated carbocycles. The van der Waals surface area contributed by atoms with Gasteiger partial charge in [-0.1, -0.05) is 18.2 Å². The van der Waals surface area contributed by atoms with Crippen LogP contribution in [0.2, 0.25) is 0 Å². The predicted molar refractivity (Wildman–Crippen MR) is 83.0 cm³/mol. The molecule has 6 heteroatoms. The van der Waals surface area contributed by atoms with Crippen molar-refractivity contribution < 1.29 is 14.7 Å². The lowest BCUT2D eigenvalue weighted by Crippen LogP contribution is -2.15. The van der Waals surface area contributed by atoms with Gasteiger partial charge in [0.2, 0.25) is 0 Å². The molecular weight excluding hydrogens is 371 g/mol. The number of anilines is 1. The summed E-state index contributed by atoms with van der Waals surface area (Å²) in [6.07, 6.45) is 0. The Kier molecular flexibility index (Phi) is 4.33. The zero-order valence-electron chi connectivity index (χ0n) is 10.6. The van der Waals surface area contributed by atoms with Gasteiger partial charge in [-0.15, -0.1) is 0 Å². The van der Waals surface area contributed by atoms with Crippen LogP contribution in [0.3, 0.4) is 0 Å². The Balaban J connectivity index is 2.26. The molecule has 20 heavy (non-hydrogen) atoms. The fourth-order valence-corrected chi connectivity index (χ4v) is 2.23. The lowest BCUT2D eigenvalue weighted by Gasteiger charge is -2.08. The number of aryl methyl sites for hydroxylation is 1. The number of nitrogens with zero attached hydrogens (tertiary/aromatic N) is 1. The molecule has 0 radical (unpaired) electrons. The quantitative estimate of drug-likeness (QED) is 0.801. The molecule has 0 aliphatic rings. The summed E-state index contributed by atoms with van der Waals surface area (Å²) in [6.45, 7) is 1.92. The minimum Gasteiger partial charge on any atom is -0.477 e. The van der Waals surface area contributed by atoms with Crippen LogP contribution in [0.25, 0.3) is 0 Å². The molecule has 2 N–H and O–H groups in total. The van der Waals surface area contributed by atoms with Crippen molar-refractivity contribution in [3.63, 3.8) is 0 Å². The molecule has 0 aliphatic carbocycles. The number of aromatic nitrogens is 1. The van der Waals surface area contributed by atoms with E-state index in [1.807, 2.05) is 13.0 Å². The third-order valence-electron chi connectivity index (χ3n) is 2.65. The van der Waals surface area contributed by atoms with Crippen molar-refractivity contribution in [3.8, 4) is 0 Å². The van der Waals surface area contributed by atoms with E-state index in [1.54, 1.807) is 18.2 Å². The second-order valence-corrected chi connectivity index (χ2v) is 5.18. The summed E-state index contributed by atoms with van der Waals surface area (Å²) in [4.78, 5) is 26.9. The molecular formula is C14H11IN2O3. The molecule has 1 heterocycles. The van der Waals surface area contributed by atoms with E-state index < -0.39 is 5.97 Å². The van der Waals surface area contributed by atoms with Gasteiger partial charge in [0.25, 0.3) is 5.91 Å². The largest absolute Gasteiger partial charge is 0.477 e. The van der Waals surface area contributed by atoms with Crippen molar-refractivity contribution in [2.45, 2.75) is 6.92 Å². The summed E-state index contributed by atoms with van der Waals surface area (Å²) in [5.41, 5.74) is 1.43. The van der Waals surface area contributed by atoms with Crippen LogP contribution in [0, 0.1) is 10.5 Å². The lowest BCUT2D eigenvalue weighted by atomic mass is 10.1. The maximum atomic E-state index is 12.2. The SMILES string of the molecule is Cc1cccc(C(=O)Nc2cccc(C(=O)O)n2)c1I. The van der Waals surface area contributed by atoms with Gasteiger partial charge in [0, 0.05) is 3.57 Å². The average molecular weight is 382 g/mol. The molecule has 2 rings (SSSR count). The van der Waals surface area contributed by atoms with Crippen LogP contribution in [-0.2, 0) is 0 Å². The fraction of sp³-hybridized carbons (Fsp3) is 0.0714. The van der Waals surface area contributed by atoms with Gasteiger partial charge in [-0.2, -0.15) is 0 Å². The van der Waals surface area contributed by atoms with E-state index in [4.69, 9.17) is 5.11 Å². The fourth-order valence-electron chi connectivity index (χ4n) is 1.63. The number of hydrogen-bond acceptors (Lipinski definition) is 3. The van der Waals surface area contributed by atoms with Crippen LogP contribution >= 0.6 is 22.6 Å². The van der Waals surface area contributed by atoms with Crippen molar-refractivity contribution in [3.05, 3.63) is 56.8 Å². The molecule has 2 aromatic rings. The van der Waals surface area contributed by atoms with E-state index in [9.17, 15) is 9.59 Å². The van der Waals surface area contributed by atoms with Gasteiger partial charge in [0.15, 0.2) is 5.69 Å². The van der Waals surface area contributed by atoms with Crippen molar-refractivity contribution in [1.82, 2.24) is 4.98 Å². The number of benzene rings is 1. The smallest absolute Gasteiger partial charge is 0.354 e. The van der Waals surface area contributed by atoms with Gasteiger partial charge in [0.1, 0.15) is 5.82 Å². The highest BCUT2D eigenvalue weighted by molar-refractivity contribution is 14.1. The Hall–Kier alpha value is -1.96. The van der Waals surface area contributed by atoms with E-state index in [2.05, 4.69) is 32.9 Å². The Morgan fingerprint density at radius 3 is 2.60 bits per heavy atom. The Morgan fingerprint density at radius 2 is 1.90 bits per heavy atom. The molecule has 0 bridgehead atoms. The molecule has 0 fully saturated rings. The van der Waals surface area contributed by atoms with Crippen LogP contribution in [-0.4, -0.2) is 22.0 Å². The molecule has 0 atom stereocenters. The van der Waals surface area contributed by atoms with Crippen LogP contribution in [0.1, 0.15) is 26.4 Å². The highest BCUT2D eigenvalue weighted by atomic mass is 127. The number of carbonyl (C=O) groups is 2. The molecule has 0 aliphatic heterocycles. The molecule has 1 amide bonds. The molecule has 1 aromatic carbocycles. The third kappa shape index (κ3) is 3.13. The van der Waals surface area contributed by atoms with Gasteiger partial charge in [-0.3, -0.25) is 4.79 Å². The maximum absolute atomic E-state index is 12.2. The summed E-state index contributed by atoms with van der Waals surface area (Å²) in [5, 5.41) is 11.5. The van der Waals surface area contributed by atoms with Crippen molar-refractivity contribution in [2.24, 2.45) is 0 Å². The Morgan fingerprint density at radius 1 is 1.20 bits per heavy atom. The topological polar surface area (TPSA) is 79.3 Å². The molecule has 0 spiro atoms. The highest BCUT2D eigenvalue weighted by Crippen LogP contribution is 2.18. The third-order valence-corrected chi connectivity index (χ3v) is 4.08. The number of nitrogens with one attached hydrogen (secondary N) is 1. The zero-order valence-corrected chi connectivity index (χ0v) is 12.7. The molecule has 102 valence electrons. The first-order valence-electron chi connectivity index (χ1n) is 5.76. The summed E-state index contributed by atoms with van der Waals surface area (Å²) in [6, 6.07) is 9.88. The normalized spacial score (nSPS) is 10.1. The minimum atomic E-state index is -1.13. The number of aromatic carboxylic acids is 1. The number of carbonyl (C=O) groups excluding carboxylic acids is 1. The number of carboxylic acid groups (broad SMARTS) is 1. The van der Waals surface area contributed by atoms with Crippen LogP contribution in [0.5, 0.6) is 0 Å². The number of amides is 1. The van der Waals surface area contributed by atoms with Crippen LogP contribution < -0.4 is 5.32 Å². The first-order valence-corrected chi connectivity index (χ1v) is 6.83. The second-order valence-electron chi connectivity index (χ2n) is 4.10. The predicted octanol–water partition coefficient (Wildman–Crippen LogP) is 2.95. The van der Waals surface area contributed by atoms with E-state index in [0.29, 0.717) is 5.56 Å². The summed E-state index contributed by atoms with van der Waals surface area (Å²) < 4.78 is 0.858. The summed E-state index contributed by atoms with van der Waals surface area (Å²) >= 11 is 2.10. The van der Waals surface area contributed by atoms with Gasteiger partial charge >= 0.3 is 5.97 Å². The summed E-state index contributed by atoms with van der Waals surface area (Å²) in [5.74, 6) is -1.23. The highest BCUT2D eigenvalue weighted by Gasteiger charge is 2.13. The number of rotatable bonds is 3. The number of hydrogen-bond donors (Lipinski definition) is 2. The van der Waals surface area contributed by atoms with Gasteiger partial charge < -0.3 is 10.4 Å². The summed E-state index contributed by atoms with van der Waals surface area (Å²) in [7, 11) is 0.